The lowest BCUT2D eigenvalue weighted by Gasteiger charge is -2.32. The van der Waals surface area contributed by atoms with Crippen LogP contribution in [0.5, 0.6) is 0 Å². The number of carbonyl (C=O) groups excluding carboxylic acids is 1. The molecular formula is C21H32N2O3. The van der Waals surface area contributed by atoms with Crippen LogP contribution in [-0.2, 0) is 14.3 Å². The number of nitrogens with zero attached hydrogens (tertiary/aromatic N) is 1. The van der Waals surface area contributed by atoms with Crippen LogP contribution >= 0.6 is 0 Å². The zero-order valence-electron chi connectivity index (χ0n) is 16.4. The molecule has 0 aliphatic carbocycles. The highest BCUT2D eigenvalue weighted by Gasteiger charge is 2.24. The van der Waals surface area contributed by atoms with Crippen LogP contribution in [0.4, 0.5) is 0 Å². The van der Waals surface area contributed by atoms with Crippen molar-refractivity contribution in [1.29, 1.82) is 0 Å². The Morgan fingerprint density at radius 2 is 1.92 bits per heavy atom. The topological polar surface area (TPSA) is 64.8 Å². The molecule has 1 aliphatic rings. The van der Waals surface area contributed by atoms with Gasteiger partial charge in [0.2, 0.25) is 11.8 Å². The van der Waals surface area contributed by atoms with E-state index >= 15 is 0 Å². The van der Waals surface area contributed by atoms with Crippen molar-refractivity contribution in [3.63, 3.8) is 0 Å². The molecule has 0 spiro atoms. The van der Waals surface area contributed by atoms with Gasteiger partial charge in [-0.15, -0.1) is 0 Å². The number of carbonyl (C=O) groups is 1. The van der Waals surface area contributed by atoms with Gasteiger partial charge in [-0.1, -0.05) is 43.4 Å². The van der Waals surface area contributed by atoms with Crippen LogP contribution in [0.2, 0.25) is 0 Å². The molecule has 0 saturated carbocycles. The molecule has 5 heteroatoms. The van der Waals surface area contributed by atoms with E-state index in [1.165, 1.54) is 14.2 Å². The first-order valence-corrected chi connectivity index (χ1v) is 9.11. The van der Waals surface area contributed by atoms with Gasteiger partial charge in [0.05, 0.1) is 14.2 Å². The number of nitrogens with two attached hydrogens (primary N) is 1. The van der Waals surface area contributed by atoms with Crippen LogP contribution in [0.25, 0.3) is 0 Å². The monoisotopic (exact) mass is 360 g/mol. The molecule has 0 radical (unpaired) electrons. The fraction of sp³-hybridized carbons (Fsp3) is 0.476. The molecule has 1 fully saturated rings. The Kier molecular flexibility index (Phi) is 9.98. The van der Waals surface area contributed by atoms with Gasteiger partial charge in [-0.05, 0) is 38.2 Å². The highest BCUT2D eigenvalue weighted by Crippen LogP contribution is 2.21. The van der Waals surface area contributed by atoms with Gasteiger partial charge in [-0.2, -0.15) is 0 Å². The Labute approximate surface area is 157 Å². The molecule has 1 heterocycles. The minimum absolute atomic E-state index is 0.0357. The van der Waals surface area contributed by atoms with Gasteiger partial charge in [0.15, 0.2) is 5.76 Å². The Balaban J connectivity index is 2.83. The maximum Gasteiger partial charge on any atom is 0.249 e. The second-order valence-corrected chi connectivity index (χ2v) is 6.11. The number of piperidine rings is 1. The van der Waals surface area contributed by atoms with Gasteiger partial charge in [0, 0.05) is 18.7 Å². The molecule has 0 unspecified atom stereocenters. The molecule has 5 nitrogen and oxygen atoms in total. The summed E-state index contributed by atoms with van der Waals surface area (Å²) in [6.07, 6.45) is 16.6. The summed E-state index contributed by atoms with van der Waals surface area (Å²) in [5, 5.41) is 0. The third-order valence-corrected chi connectivity index (χ3v) is 4.30. The van der Waals surface area contributed by atoms with Crippen molar-refractivity contribution in [1.82, 2.24) is 4.90 Å². The largest absolute Gasteiger partial charge is 0.491 e. The lowest BCUT2D eigenvalue weighted by atomic mass is 9.96. The summed E-state index contributed by atoms with van der Waals surface area (Å²) in [6.45, 7) is 5.45. The van der Waals surface area contributed by atoms with Crippen molar-refractivity contribution >= 4 is 5.91 Å². The molecule has 1 amide bonds. The zero-order chi connectivity index (χ0) is 19.4. The normalized spacial score (nSPS) is 20.1. The first-order valence-electron chi connectivity index (χ1n) is 9.11. The number of hydrogen-bond donors (Lipinski definition) is 1. The van der Waals surface area contributed by atoms with Crippen molar-refractivity contribution in [2.45, 2.75) is 33.1 Å². The van der Waals surface area contributed by atoms with E-state index in [1.54, 1.807) is 6.08 Å². The Morgan fingerprint density at radius 1 is 1.19 bits per heavy atom. The predicted octanol–water partition coefficient (Wildman–Crippen LogP) is 3.67. The molecule has 26 heavy (non-hydrogen) atoms. The molecule has 1 atom stereocenters. The van der Waals surface area contributed by atoms with Crippen LogP contribution < -0.4 is 5.73 Å². The molecular weight excluding hydrogens is 328 g/mol. The lowest BCUT2D eigenvalue weighted by Crippen LogP contribution is -2.40. The van der Waals surface area contributed by atoms with Crippen LogP contribution in [0.1, 0.15) is 33.1 Å². The van der Waals surface area contributed by atoms with Gasteiger partial charge < -0.3 is 20.1 Å². The summed E-state index contributed by atoms with van der Waals surface area (Å²) in [7, 11) is 2.99. The van der Waals surface area contributed by atoms with E-state index in [1.807, 2.05) is 43.1 Å². The number of methoxy groups -OCH3 is 2. The van der Waals surface area contributed by atoms with Gasteiger partial charge in [-0.25, -0.2) is 0 Å². The lowest BCUT2D eigenvalue weighted by molar-refractivity contribution is -0.128. The summed E-state index contributed by atoms with van der Waals surface area (Å²) in [5.41, 5.74) is 6.43. The molecule has 1 saturated heterocycles. The number of ether oxygens (including phenoxy) is 2. The van der Waals surface area contributed by atoms with E-state index in [-0.39, 0.29) is 11.8 Å². The van der Waals surface area contributed by atoms with Crippen LogP contribution in [-0.4, -0.2) is 38.1 Å². The molecule has 1 aliphatic heterocycles. The first kappa shape index (κ1) is 21.6. The van der Waals surface area contributed by atoms with E-state index in [4.69, 9.17) is 15.2 Å². The smallest absolute Gasteiger partial charge is 0.249 e. The molecule has 1 rings (SSSR count). The van der Waals surface area contributed by atoms with Crippen molar-refractivity contribution in [2.24, 2.45) is 11.7 Å². The zero-order valence-corrected chi connectivity index (χ0v) is 16.4. The second kappa shape index (κ2) is 12.0. The number of allylic oxidation sites excluding steroid dienone is 6. The van der Waals surface area contributed by atoms with Crippen LogP contribution in [0, 0.1) is 5.92 Å². The van der Waals surface area contributed by atoms with Gasteiger partial charge >= 0.3 is 0 Å². The van der Waals surface area contributed by atoms with Gasteiger partial charge in [0.25, 0.3) is 0 Å². The van der Waals surface area contributed by atoms with E-state index < -0.39 is 0 Å². The van der Waals surface area contributed by atoms with E-state index in [9.17, 15) is 4.79 Å². The molecule has 2 N–H and O–H groups in total. The molecule has 144 valence electrons. The van der Waals surface area contributed by atoms with E-state index in [0.29, 0.717) is 23.7 Å². The Hall–Kier alpha value is -2.43. The van der Waals surface area contributed by atoms with E-state index in [0.717, 1.165) is 25.9 Å². The van der Waals surface area contributed by atoms with Gasteiger partial charge in [0.1, 0.15) is 0 Å². The standard InChI is InChI=1S/C21H32N2O3/c1-5-7-8-9-10-12-17-13-11-14-23(16-17)21(24)18(6-2)15-19(25-3)20(22)26-4/h5,7-10,12,15,17H,6,11,13-14,16,22H2,1-4H3/b7-5-,9-8-,12-10+,18-15+,20-19-/t17-/m0/s1. The maximum atomic E-state index is 12.9. The third kappa shape index (κ3) is 6.82. The molecule has 0 aromatic heterocycles. The van der Waals surface area contributed by atoms with Crippen molar-refractivity contribution < 1.29 is 14.3 Å². The SMILES string of the molecule is C\C=C/C=C\C=C\[C@H]1CCCN(C(=O)/C(=C/C(OC)=C(\N)OC)CC)C1. The summed E-state index contributed by atoms with van der Waals surface area (Å²) >= 11 is 0. The van der Waals surface area contributed by atoms with Crippen LogP contribution in [0.3, 0.4) is 0 Å². The summed E-state index contributed by atoms with van der Waals surface area (Å²) in [4.78, 5) is 14.8. The molecule has 0 aromatic rings. The van der Waals surface area contributed by atoms with Crippen molar-refractivity contribution in [3.8, 4) is 0 Å². The Morgan fingerprint density at radius 3 is 2.54 bits per heavy atom. The fourth-order valence-corrected chi connectivity index (χ4v) is 2.82. The maximum absolute atomic E-state index is 12.9. The van der Waals surface area contributed by atoms with Crippen molar-refractivity contribution in [3.05, 3.63) is 59.7 Å². The highest BCUT2D eigenvalue weighted by atomic mass is 16.5. The second-order valence-electron chi connectivity index (χ2n) is 6.11. The minimum Gasteiger partial charge on any atom is -0.491 e. The van der Waals surface area contributed by atoms with E-state index in [2.05, 4.69) is 12.2 Å². The highest BCUT2D eigenvalue weighted by molar-refractivity contribution is 5.93. The third-order valence-electron chi connectivity index (χ3n) is 4.30. The number of likely N-dealkylation sites (tertiary alicyclic amines) is 1. The number of hydrogen-bond acceptors (Lipinski definition) is 4. The Bertz CT molecular complexity index is 600. The minimum atomic E-state index is 0.0357. The molecule has 0 bridgehead atoms. The van der Waals surface area contributed by atoms with Crippen molar-refractivity contribution in [2.75, 3.05) is 27.3 Å². The fourth-order valence-electron chi connectivity index (χ4n) is 2.82. The summed E-state index contributed by atoms with van der Waals surface area (Å²) in [6, 6.07) is 0. The predicted molar refractivity (Wildman–Crippen MR) is 106 cm³/mol. The van der Waals surface area contributed by atoms with Gasteiger partial charge in [-0.3, -0.25) is 4.79 Å². The summed E-state index contributed by atoms with van der Waals surface area (Å²) in [5.74, 6) is 0.954. The first-order chi connectivity index (χ1) is 12.6. The quantitative estimate of drug-likeness (QED) is 0.407. The molecule has 0 aromatic carbocycles. The van der Waals surface area contributed by atoms with Crippen LogP contribution in [0.15, 0.2) is 59.7 Å². The average molecular weight is 360 g/mol. The number of amides is 1. The average Bonchev–Trinajstić information content (AvgIpc) is 2.68. The number of rotatable bonds is 8. The summed E-state index contributed by atoms with van der Waals surface area (Å²) < 4.78 is 10.2.